The third-order valence-corrected chi connectivity index (χ3v) is 2.38. The maximum absolute atomic E-state index is 5.77. The van der Waals surface area contributed by atoms with E-state index in [0.29, 0.717) is 12.0 Å². The zero-order valence-electron chi connectivity index (χ0n) is 7.16. The molecule has 1 aliphatic rings. The summed E-state index contributed by atoms with van der Waals surface area (Å²) < 4.78 is 5.24. The topological polar surface area (TPSA) is 35.2 Å². The third-order valence-electron chi connectivity index (χ3n) is 2.38. The maximum Gasteiger partial charge on any atom is 0.122 e. The van der Waals surface area contributed by atoms with Gasteiger partial charge in [0.15, 0.2) is 0 Å². The second kappa shape index (κ2) is 2.79. The van der Waals surface area contributed by atoms with Crippen molar-refractivity contribution in [2.45, 2.75) is 18.4 Å². The molecule has 2 rings (SSSR count). The SMILES string of the molecule is COc1ccccc1C1CC1N. The molecule has 1 saturated carbocycles. The number of ether oxygens (including phenoxy) is 1. The number of benzene rings is 1. The first-order valence-corrected chi connectivity index (χ1v) is 4.21. The molecule has 2 heteroatoms. The van der Waals surface area contributed by atoms with Crippen LogP contribution in [-0.2, 0) is 0 Å². The van der Waals surface area contributed by atoms with Gasteiger partial charge in [-0.1, -0.05) is 18.2 Å². The van der Waals surface area contributed by atoms with Crippen molar-refractivity contribution in [1.82, 2.24) is 0 Å². The van der Waals surface area contributed by atoms with Crippen molar-refractivity contribution in [2.24, 2.45) is 5.73 Å². The first-order chi connectivity index (χ1) is 5.83. The highest BCUT2D eigenvalue weighted by atomic mass is 16.5. The summed E-state index contributed by atoms with van der Waals surface area (Å²) in [7, 11) is 1.70. The Morgan fingerprint density at radius 2 is 2.08 bits per heavy atom. The quantitative estimate of drug-likeness (QED) is 0.717. The summed E-state index contributed by atoms with van der Waals surface area (Å²) in [5.74, 6) is 1.50. The van der Waals surface area contributed by atoms with E-state index >= 15 is 0 Å². The monoisotopic (exact) mass is 163 g/mol. The van der Waals surface area contributed by atoms with Gasteiger partial charge < -0.3 is 10.5 Å². The average molecular weight is 163 g/mol. The van der Waals surface area contributed by atoms with Crippen LogP contribution in [0.2, 0.25) is 0 Å². The Bertz CT molecular complexity index is 285. The van der Waals surface area contributed by atoms with Gasteiger partial charge in [0.25, 0.3) is 0 Å². The molecular weight excluding hydrogens is 150 g/mol. The Hall–Kier alpha value is -1.02. The third kappa shape index (κ3) is 1.18. The Kier molecular flexibility index (Phi) is 1.77. The second-order valence-electron chi connectivity index (χ2n) is 3.25. The minimum Gasteiger partial charge on any atom is -0.496 e. The summed E-state index contributed by atoms with van der Waals surface area (Å²) in [5, 5.41) is 0. The lowest BCUT2D eigenvalue weighted by Gasteiger charge is -2.05. The molecule has 64 valence electrons. The van der Waals surface area contributed by atoms with Gasteiger partial charge in [-0.25, -0.2) is 0 Å². The van der Waals surface area contributed by atoms with Gasteiger partial charge in [0, 0.05) is 12.0 Å². The van der Waals surface area contributed by atoms with Gasteiger partial charge in [-0.15, -0.1) is 0 Å². The highest BCUT2D eigenvalue weighted by molar-refractivity contribution is 5.40. The number of nitrogens with two attached hydrogens (primary N) is 1. The molecule has 0 aromatic heterocycles. The van der Waals surface area contributed by atoms with Crippen LogP contribution >= 0.6 is 0 Å². The zero-order valence-corrected chi connectivity index (χ0v) is 7.16. The molecule has 1 aromatic rings. The molecule has 0 spiro atoms. The predicted octanol–water partition coefficient (Wildman–Crippen LogP) is 1.51. The predicted molar refractivity (Wildman–Crippen MR) is 48.3 cm³/mol. The molecule has 0 heterocycles. The maximum atomic E-state index is 5.77. The Labute approximate surface area is 72.3 Å². The lowest BCUT2D eigenvalue weighted by Crippen LogP contribution is -2.01. The van der Waals surface area contributed by atoms with Gasteiger partial charge in [-0.2, -0.15) is 0 Å². The lowest BCUT2D eigenvalue weighted by molar-refractivity contribution is 0.409. The molecular formula is C10H13NO. The van der Waals surface area contributed by atoms with Crippen LogP contribution in [0.4, 0.5) is 0 Å². The first-order valence-electron chi connectivity index (χ1n) is 4.21. The number of hydrogen-bond acceptors (Lipinski definition) is 2. The van der Waals surface area contributed by atoms with E-state index in [1.807, 2.05) is 18.2 Å². The molecule has 2 nitrogen and oxygen atoms in total. The summed E-state index contributed by atoms with van der Waals surface area (Å²) in [6.07, 6.45) is 1.10. The summed E-state index contributed by atoms with van der Waals surface area (Å²) in [6, 6.07) is 8.44. The molecule has 0 bridgehead atoms. The van der Waals surface area contributed by atoms with E-state index in [1.54, 1.807) is 7.11 Å². The van der Waals surface area contributed by atoms with Crippen LogP contribution in [0.15, 0.2) is 24.3 Å². The van der Waals surface area contributed by atoms with Gasteiger partial charge in [0.1, 0.15) is 5.75 Å². The summed E-state index contributed by atoms with van der Waals surface area (Å²) in [6.45, 7) is 0. The second-order valence-corrected chi connectivity index (χ2v) is 3.25. The minimum absolute atomic E-state index is 0.348. The fourth-order valence-electron chi connectivity index (χ4n) is 1.55. The highest BCUT2D eigenvalue weighted by Gasteiger charge is 2.36. The number of para-hydroxylation sites is 1. The van der Waals surface area contributed by atoms with E-state index < -0.39 is 0 Å². The van der Waals surface area contributed by atoms with Crippen molar-refractivity contribution in [3.63, 3.8) is 0 Å². The van der Waals surface area contributed by atoms with Crippen molar-refractivity contribution in [3.05, 3.63) is 29.8 Å². The van der Waals surface area contributed by atoms with E-state index in [4.69, 9.17) is 10.5 Å². The molecule has 1 aliphatic carbocycles. The van der Waals surface area contributed by atoms with E-state index in [-0.39, 0.29) is 0 Å². The molecule has 0 aliphatic heterocycles. The van der Waals surface area contributed by atoms with Crippen LogP contribution in [0.3, 0.4) is 0 Å². The van der Waals surface area contributed by atoms with Gasteiger partial charge in [-0.3, -0.25) is 0 Å². The molecule has 0 radical (unpaired) electrons. The Morgan fingerprint density at radius 3 is 2.67 bits per heavy atom. The summed E-state index contributed by atoms with van der Waals surface area (Å²) >= 11 is 0. The van der Waals surface area contributed by atoms with Gasteiger partial charge >= 0.3 is 0 Å². The minimum atomic E-state index is 0.348. The molecule has 0 saturated heterocycles. The van der Waals surface area contributed by atoms with E-state index in [1.165, 1.54) is 5.56 Å². The van der Waals surface area contributed by atoms with Crippen LogP contribution in [-0.4, -0.2) is 13.2 Å². The van der Waals surface area contributed by atoms with E-state index in [9.17, 15) is 0 Å². The number of hydrogen-bond donors (Lipinski definition) is 1. The van der Waals surface area contributed by atoms with Gasteiger partial charge in [0.05, 0.1) is 7.11 Å². The van der Waals surface area contributed by atoms with Crippen molar-refractivity contribution < 1.29 is 4.74 Å². The Morgan fingerprint density at radius 1 is 1.42 bits per heavy atom. The zero-order chi connectivity index (χ0) is 8.55. The largest absolute Gasteiger partial charge is 0.496 e. The van der Waals surface area contributed by atoms with Crippen LogP contribution in [0.25, 0.3) is 0 Å². The molecule has 2 unspecified atom stereocenters. The summed E-state index contributed by atoms with van der Waals surface area (Å²) in [5.41, 5.74) is 7.02. The first kappa shape index (κ1) is 7.62. The van der Waals surface area contributed by atoms with Crippen molar-refractivity contribution in [3.8, 4) is 5.75 Å². The van der Waals surface area contributed by atoms with Gasteiger partial charge in [0.2, 0.25) is 0 Å². The summed E-state index contributed by atoms with van der Waals surface area (Å²) in [4.78, 5) is 0. The molecule has 1 aromatic carbocycles. The van der Waals surface area contributed by atoms with E-state index in [0.717, 1.165) is 12.2 Å². The van der Waals surface area contributed by atoms with Gasteiger partial charge in [-0.05, 0) is 18.1 Å². The van der Waals surface area contributed by atoms with Crippen LogP contribution in [0.1, 0.15) is 17.9 Å². The van der Waals surface area contributed by atoms with Crippen LogP contribution in [0.5, 0.6) is 5.75 Å². The number of rotatable bonds is 2. The molecule has 1 fully saturated rings. The molecule has 2 N–H and O–H groups in total. The molecule has 2 atom stereocenters. The highest BCUT2D eigenvalue weighted by Crippen LogP contribution is 2.42. The van der Waals surface area contributed by atoms with Crippen molar-refractivity contribution >= 4 is 0 Å². The lowest BCUT2D eigenvalue weighted by atomic mass is 10.1. The fourth-order valence-corrected chi connectivity index (χ4v) is 1.55. The standard InChI is InChI=1S/C10H13NO/c1-12-10-5-3-2-4-7(10)8-6-9(8)11/h2-5,8-9H,6,11H2,1H3. The Balaban J connectivity index is 2.29. The van der Waals surface area contributed by atoms with Crippen molar-refractivity contribution in [2.75, 3.05) is 7.11 Å². The fraction of sp³-hybridized carbons (Fsp3) is 0.400. The number of methoxy groups -OCH3 is 1. The normalized spacial score (nSPS) is 26.8. The van der Waals surface area contributed by atoms with Crippen LogP contribution < -0.4 is 10.5 Å². The van der Waals surface area contributed by atoms with E-state index in [2.05, 4.69) is 6.07 Å². The van der Waals surface area contributed by atoms with Crippen molar-refractivity contribution in [1.29, 1.82) is 0 Å². The molecule has 0 amide bonds. The molecule has 12 heavy (non-hydrogen) atoms. The van der Waals surface area contributed by atoms with Crippen LogP contribution in [0, 0.1) is 0 Å². The smallest absolute Gasteiger partial charge is 0.122 e. The average Bonchev–Trinajstić information content (AvgIpc) is 2.83.